The summed E-state index contributed by atoms with van der Waals surface area (Å²) in [5.74, 6) is 2.25. The van der Waals surface area contributed by atoms with Gasteiger partial charge in [-0.25, -0.2) is 0 Å². The molecule has 2 aliphatic carbocycles. The Morgan fingerprint density at radius 3 is 1.79 bits per heavy atom. The molecule has 62 heavy (non-hydrogen) atoms. The number of para-hydroxylation sites is 2. The molecule has 2 aliphatic heterocycles. The summed E-state index contributed by atoms with van der Waals surface area (Å²) in [5.41, 5.74) is 17.8. The van der Waals surface area contributed by atoms with Crippen molar-refractivity contribution in [1.29, 1.82) is 0 Å². The topological polar surface area (TPSA) is 33.3 Å². The van der Waals surface area contributed by atoms with Crippen molar-refractivity contribution in [3.8, 4) is 44.9 Å². The van der Waals surface area contributed by atoms with Crippen LogP contribution >= 0.6 is 0 Å². The summed E-state index contributed by atoms with van der Waals surface area (Å²) in [6.45, 7) is 0. The average molecular weight is 797 g/mol. The molecule has 2 N–H and O–H groups in total. The highest BCUT2D eigenvalue weighted by atomic mass is 16.5. The molecule has 0 amide bonds. The maximum atomic E-state index is 6.57. The minimum atomic E-state index is -0.489. The summed E-state index contributed by atoms with van der Waals surface area (Å²) >= 11 is 0. The molecule has 0 saturated heterocycles. The molecule has 3 heteroatoms. The molecule has 2 heterocycles. The molecule has 4 aliphatic rings. The molecule has 8 aromatic carbocycles. The van der Waals surface area contributed by atoms with Gasteiger partial charge in [0.2, 0.25) is 0 Å². The van der Waals surface area contributed by atoms with Crippen molar-refractivity contribution in [2.45, 2.75) is 30.0 Å². The fraction of sp³-hybridized carbons (Fsp3) is 0.0847. The number of hydrogen-bond donors (Lipinski definition) is 2. The Morgan fingerprint density at radius 2 is 1.06 bits per heavy atom. The van der Waals surface area contributed by atoms with Gasteiger partial charge in [0, 0.05) is 22.7 Å². The molecule has 0 fully saturated rings. The number of ether oxygens (including phenoxy) is 1. The van der Waals surface area contributed by atoms with E-state index in [1.807, 2.05) is 0 Å². The van der Waals surface area contributed by atoms with Crippen LogP contribution in [0.3, 0.4) is 0 Å². The fourth-order valence-corrected chi connectivity index (χ4v) is 10.4. The van der Waals surface area contributed by atoms with Gasteiger partial charge < -0.3 is 10.1 Å². The van der Waals surface area contributed by atoms with E-state index in [-0.39, 0.29) is 12.2 Å². The highest BCUT2D eigenvalue weighted by molar-refractivity contribution is 5.90. The Bertz CT molecular complexity index is 3040. The van der Waals surface area contributed by atoms with Gasteiger partial charge in [0.15, 0.2) is 0 Å². The third kappa shape index (κ3) is 6.00. The zero-order valence-electron chi connectivity index (χ0n) is 34.2. The van der Waals surface area contributed by atoms with E-state index in [2.05, 4.69) is 235 Å². The molecule has 0 radical (unpaired) electrons. The van der Waals surface area contributed by atoms with Crippen LogP contribution in [0.4, 0.5) is 0 Å². The maximum absolute atomic E-state index is 6.57. The van der Waals surface area contributed by atoms with Crippen LogP contribution in [-0.2, 0) is 5.41 Å². The lowest BCUT2D eigenvalue weighted by atomic mass is 9.66. The van der Waals surface area contributed by atoms with E-state index in [0.717, 1.165) is 29.2 Å². The van der Waals surface area contributed by atoms with Crippen LogP contribution in [0.15, 0.2) is 225 Å². The van der Waals surface area contributed by atoms with Gasteiger partial charge in [0.05, 0.1) is 11.5 Å². The fourth-order valence-electron chi connectivity index (χ4n) is 10.4. The Hall–Kier alpha value is -7.46. The predicted octanol–water partition coefficient (Wildman–Crippen LogP) is 14.1. The van der Waals surface area contributed by atoms with E-state index in [1.165, 1.54) is 72.3 Å². The highest BCUT2D eigenvalue weighted by Gasteiger charge is 2.51. The minimum absolute atomic E-state index is 0.0394. The SMILES string of the molecule is C1=CCC(c2ccc(C3C=C(c4cccc(-c5ccc(-c6ccc7c(c6)C6(c8ccccc8Oc8ccccc86)c6ccccc6-7)cc5)c4)NC(c4ccccc4)N3)cc2)C=C1. The number of nitrogens with one attached hydrogen (secondary N) is 2. The van der Waals surface area contributed by atoms with E-state index < -0.39 is 5.41 Å². The first-order valence-corrected chi connectivity index (χ1v) is 21.8. The minimum Gasteiger partial charge on any atom is -0.457 e. The molecule has 296 valence electrons. The second-order valence-electron chi connectivity index (χ2n) is 16.8. The second-order valence-corrected chi connectivity index (χ2v) is 16.8. The van der Waals surface area contributed by atoms with Gasteiger partial charge >= 0.3 is 0 Å². The molecule has 0 bridgehead atoms. The summed E-state index contributed by atoms with van der Waals surface area (Å²) in [4.78, 5) is 0. The summed E-state index contributed by atoms with van der Waals surface area (Å²) in [7, 11) is 0. The Balaban J connectivity index is 0.883. The van der Waals surface area contributed by atoms with Gasteiger partial charge in [-0.05, 0) is 104 Å². The smallest absolute Gasteiger partial charge is 0.132 e. The summed E-state index contributed by atoms with van der Waals surface area (Å²) in [5, 5.41) is 7.73. The van der Waals surface area contributed by atoms with Crippen LogP contribution in [-0.4, -0.2) is 0 Å². The number of rotatable bonds is 6. The number of fused-ring (bicyclic) bond motifs is 9. The summed E-state index contributed by atoms with van der Waals surface area (Å²) < 4.78 is 6.57. The van der Waals surface area contributed by atoms with Gasteiger partial charge in [-0.2, -0.15) is 0 Å². The van der Waals surface area contributed by atoms with Gasteiger partial charge in [-0.3, -0.25) is 5.32 Å². The van der Waals surface area contributed by atoms with Crippen LogP contribution in [0.1, 0.15) is 69.1 Å². The molecular formula is C59H44N2O. The summed E-state index contributed by atoms with van der Waals surface area (Å²) in [6, 6.07) is 71.0. The van der Waals surface area contributed by atoms with Crippen LogP contribution in [0.2, 0.25) is 0 Å². The quantitative estimate of drug-likeness (QED) is 0.176. The molecule has 1 spiro atoms. The number of hydrogen-bond acceptors (Lipinski definition) is 3. The van der Waals surface area contributed by atoms with Gasteiger partial charge in [0.25, 0.3) is 0 Å². The zero-order valence-corrected chi connectivity index (χ0v) is 34.2. The van der Waals surface area contributed by atoms with E-state index in [1.54, 1.807) is 0 Å². The maximum Gasteiger partial charge on any atom is 0.132 e. The van der Waals surface area contributed by atoms with E-state index in [0.29, 0.717) is 5.92 Å². The van der Waals surface area contributed by atoms with Gasteiger partial charge in [-0.15, -0.1) is 0 Å². The standard InChI is InChI=1S/C59H44N2O/c1-3-14-39(15-4-1)40-30-32-43(33-31-40)54-38-55(61-58(60-54)44-16-5-2-6-17-44)47-19-13-18-45(36-47)41-26-28-42(29-27-41)46-34-35-49-48-20-7-8-21-50(48)59(53(49)37-46)51-22-9-11-24-56(51)62-57-25-12-10-23-52(57)59/h1-14,16-39,54,58,60-61H,15H2. The van der Waals surface area contributed by atoms with Crippen molar-refractivity contribution < 1.29 is 4.74 Å². The number of allylic oxidation sites excluding steroid dienone is 4. The lowest BCUT2D eigenvalue weighted by Crippen LogP contribution is -2.39. The van der Waals surface area contributed by atoms with Crippen LogP contribution in [0.5, 0.6) is 11.5 Å². The van der Waals surface area contributed by atoms with Crippen molar-refractivity contribution in [3.63, 3.8) is 0 Å². The monoisotopic (exact) mass is 796 g/mol. The molecule has 3 nitrogen and oxygen atoms in total. The van der Waals surface area contributed by atoms with Crippen LogP contribution in [0.25, 0.3) is 39.1 Å². The molecule has 0 aromatic heterocycles. The average Bonchev–Trinajstić information content (AvgIpc) is 3.64. The molecular weight excluding hydrogens is 753 g/mol. The summed E-state index contributed by atoms with van der Waals surface area (Å²) in [6.07, 6.45) is 12.2. The predicted molar refractivity (Wildman–Crippen MR) is 253 cm³/mol. The largest absolute Gasteiger partial charge is 0.457 e. The van der Waals surface area contributed by atoms with Crippen LogP contribution in [0, 0.1) is 0 Å². The molecule has 8 aromatic rings. The van der Waals surface area contributed by atoms with Crippen molar-refractivity contribution >= 4 is 5.70 Å². The lowest BCUT2D eigenvalue weighted by molar-refractivity contribution is 0.436. The first-order chi connectivity index (χ1) is 30.7. The number of benzene rings is 8. The third-order valence-corrected chi connectivity index (χ3v) is 13.4. The molecule has 12 rings (SSSR count). The van der Waals surface area contributed by atoms with E-state index in [9.17, 15) is 0 Å². The molecule has 3 unspecified atom stereocenters. The van der Waals surface area contributed by atoms with Crippen molar-refractivity contribution in [2.24, 2.45) is 0 Å². The van der Waals surface area contributed by atoms with E-state index >= 15 is 0 Å². The van der Waals surface area contributed by atoms with Gasteiger partial charge in [-0.1, -0.05) is 194 Å². The van der Waals surface area contributed by atoms with Crippen molar-refractivity contribution in [2.75, 3.05) is 0 Å². The normalized spacial score (nSPS) is 18.7. The first-order valence-electron chi connectivity index (χ1n) is 21.8. The third-order valence-electron chi connectivity index (χ3n) is 13.4. The highest BCUT2D eigenvalue weighted by Crippen LogP contribution is 2.62. The molecule has 0 saturated carbocycles. The molecule has 3 atom stereocenters. The van der Waals surface area contributed by atoms with Gasteiger partial charge in [0.1, 0.15) is 17.7 Å². The van der Waals surface area contributed by atoms with Crippen molar-refractivity contribution in [3.05, 3.63) is 269 Å². The first kappa shape index (κ1) is 36.4. The van der Waals surface area contributed by atoms with E-state index in [4.69, 9.17) is 4.74 Å². The zero-order chi connectivity index (χ0) is 41.0. The Morgan fingerprint density at radius 1 is 0.452 bits per heavy atom. The Labute approximate surface area is 363 Å². The second kappa shape index (κ2) is 14.9. The van der Waals surface area contributed by atoms with Crippen LogP contribution < -0.4 is 15.4 Å². The van der Waals surface area contributed by atoms with Crippen molar-refractivity contribution in [1.82, 2.24) is 10.6 Å². The lowest BCUT2D eigenvalue weighted by Gasteiger charge is -2.39. The Kier molecular flexibility index (Phi) is 8.76.